The van der Waals surface area contributed by atoms with Crippen LogP contribution in [0.5, 0.6) is 0 Å². The lowest BCUT2D eigenvalue weighted by molar-refractivity contribution is 0.0521. The topological polar surface area (TPSA) is 70.1 Å². The molecule has 0 aliphatic carbocycles. The molecule has 0 radical (unpaired) electrons. The van der Waals surface area contributed by atoms with Crippen molar-refractivity contribution in [3.63, 3.8) is 0 Å². The van der Waals surface area contributed by atoms with E-state index >= 15 is 0 Å². The van der Waals surface area contributed by atoms with Crippen molar-refractivity contribution in [3.8, 4) is 0 Å². The predicted octanol–water partition coefficient (Wildman–Crippen LogP) is 3.21. The first-order valence-corrected chi connectivity index (χ1v) is 7.10. The van der Waals surface area contributed by atoms with Gasteiger partial charge in [0.15, 0.2) is 5.69 Å². The SMILES string of the molecule is CCOC(=O)c1nc(C)n(C(C)c2cccc(Cl)c2)c1N. The van der Waals surface area contributed by atoms with Crippen LogP contribution in [-0.2, 0) is 4.74 Å². The molecule has 0 aliphatic heterocycles. The molecule has 2 N–H and O–H groups in total. The van der Waals surface area contributed by atoms with Gasteiger partial charge in [0.25, 0.3) is 0 Å². The van der Waals surface area contributed by atoms with Gasteiger partial charge in [-0.25, -0.2) is 9.78 Å². The van der Waals surface area contributed by atoms with Gasteiger partial charge in [-0.3, -0.25) is 0 Å². The summed E-state index contributed by atoms with van der Waals surface area (Å²) in [7, 11) is 0. The molecule has 1 aromatic heterocycles. The number of nitrogen functional groups attached to an aromatic ring is 1. The Morgan fingerprint density at radius 3 is 2.86 bits per heavy atom. The Morgan fingerprint density at radius 1 is 1.52 bits per heavy atom. The number of carbonyl (C=O) groups is 1. The van der Waals surface area contributed by atoms with Crippen LogP contribution in [0.1, 0.15) is 41.8 Å². The van der Waals surface area contributed by atoms with Crippen molar-refractivity contribution in [2.75, 3.05) is 12.3 Å². The van der Waals surface area contributed by atoms with Gasteiger partial charge in [-0.15, -0.1) is 0 Å². The third kappa shape index (κ3) is 3.03. The Hall–Kier alpha value is -2.01. The van der Waals surface area contributed by atoms with E-state index in [0.29, 0.717) is 16.7 Å². The van der Waals surface area contributed by atoms with Crippen LogP contribution in [0.3, 0.4) is 0 Å². The summed E-state index contributed by atoms with van der Waals surface area (Å²) in [5, 5.41) is 0.654. The van der Waals surface area contributed by atoms with Gasteiger partial charge in [-0.05, 0) is 38.5 Å². The Kier molecular flexibility index (Phi) is 4.53. The molecule has 0 fully saturated rings. The van der Waals surface area contributed by atoms with Crippen molar-refractivity contribution < 1.29 is 9.53 Å². The second kappa shape index (κ2) is 6.18. The molecule has 0 spiro atoms. The van der Waals surface area contributed by atoms with Crippen LogP contribution >= 0.6 is 11.6 Å². The number of anilines is 1. The Morgan fingerprint density at radius 2 is 2.24 bits per heavy atom. The fraction of sp³-hybridized carbons (Fsp3) is 0.333. The first-order chi connectivity index (χ1) is 9.95. The minimum atomic E-state index is -0.504. The molecular weight excluding hydrogens is 290 g/mol. The number of halogens is 1. The highest BCUT2D eigenvalue weighted by atomic mass is 35.5. The molecule has 1 heterocycles. The summed E-state index contributed by atoms with van der Waals surface area (Å²) in [5.41, 5.74) is 7.22. The number of hydrogen-bond donors (Lipinski definition) is 1. The van der Waals surface area contributed by atoms with E-state index in [2.05, 4.69) is 4.98 Å². The molecule has 112 valence electrons. The predicted molar refractivity (Wildman–Crippen MR) is 82.6 cm³/mol. The number of nitrogens with two attached hydrogens (primary N) is 1. The molecule has 0 aliphatic rings. The normalized spacial score (nSPS) is 12.2. The number of carbonyl (C=O) groups excluding carboxylic acids is 1. The van der Waals surface area contributed by atoms with Gasteiger partial charge < -0.3 is 15.0 Å². The summed E-state index contributed by atoms with van der Waals surface area (Å²) in [6.45, 7) is 5.81. The van der Waals surface area contributed by atoms with Crippen LogP contribution in [0.4, 0.5) is 5.82 Å². The summed E-state index contributed by atoms with van der Waals surface area (Å²) >= 11 is 6.02. The number of aromatic nitrogens is 2. The largest absolute Gasteiger partial charge is 0.461 e. The van der Waals surface area contributed by atoms with E-state index in [1.54, 1.807) is 18.4 Å². The van der Waals surface area contributed by atoms with E-state index in [9.17, 15) is 4.79 Å². The average molecular weight is 308 g/mol. The zero-order valence-corrected chi connectivity index (χ0v) is 13.0. The standard InChI is InChI=1S/C15H18ClN3O2/c1-4-21-15(20)13-14(17)19(10(3)18-13)9(2)11-6-5-7-12(16)8-11/h5-9H,4,17H2,1-3H3. The zero-order chi connectivity index (χ0) is 15.6. The lowest BCUT2D eigenvalue weighted by atomic mass is 10.1. The highest BCUT2D eigenvalue weighted by Crippen LogP contribution is 2.27. The zero-order valence-electron chi connectivity index (χ0n) is 12.3. The Balaban J connectivity index is 2.42. The van der Waals surface area contributed by atoms with Crippen LogP contribution in [0.15, 0.2) is 24.3 Å². The summed E-state index contributed by atoms with van der Waals surface area (Å²) in [4.78, 5) is 16.1. The molecule has 0 bridgehead atoms. The lowest BCUT2D eigenvalue weighted by Gasteiger charge is -2.17. The second-order valence-corrected chi connectivity index (χ2v) is 5.15. The molecule has 5 nitrogen and oxygen atoms in total. The number of nitrogens with zero attached hydrogens (tertiary/aromatic N) is 2. The molecule has 1 aromatic carbocycles. The maximum atomic E-state index is 11.8. The van der Waals surface area contributed by atoms with Gasteiger partial charge in [0.1, 0.15) is 11.6 Å². The molecule has 1 unspecified atom stereocenters. The number of esters is 1. The second-order valence-electron chi connectivity index (χ2n) is 4.71. The molecular formula is C15H18ClN3O2. The van der Waals surface area contributed by atoms with Crippen LogP contribution in [0.25, 0.3) is 0 Å². The number of aryl methyl sites for hydroxylation is 1. The van der Waals surface area contributed by atoms with E-state index in [4.69, 9.17) is 22.1 Å². The quantitative estimate of drug-likeness (QED) is 0.880. The van der Waals surface area contributed by atoms with Crippen molar-refractivity contribution in [1.29, 1.82) is 0 Å². The smallest absolute Gasteiger partial charge is 0.360 e. The van der Waals surface area contributed by atoms with Crippen molar-refractivity contribution in [3.05, 3.63) is 46.4 Å². The van der Waals surface area contributed by atoms with Crippen LogP contribution in [0.2, 0.25) is 5.02 Å². The van der Waals surface area contributed by atoms with Crippen LogP contribution in [-0.4, -0.2) is 22.1 Å². The number of benzene rings is 1. The highest BCUT2D eigenvalue weighted by Gasteiger charge is 2.23. The number of rotatable bonds is 4. The van der Waals surface area contributed by atoms with Crippen molar-refractivity contribution in [2.45, 2.75) is 26.8 Å². The number of hydrogen-bond acceptors (Lipinski definition) is 4. The lowest BCUT2D eigenvalue weighted by Crippen LogP contribution is -2.13. The van der Waals surface area contributed by atoms with Gasteiger partial charge in [0.05, 0.1) is 12.6 Å². The minimum absolute atomic E-state index is 0.0839. The van der Waals surface area contributed by atoms with E-state index in [0.717, 1.165) is 5.56 Å². The van der Waals surface area contributed by atoms with Crippen LogP contribution < -0.4 is 5.73 Å². The molecule has 0 amide bonds. The summed E-state index contributed by atoms with van der Waals surface area (Å²) < 4.78 is 6.77. The molecule has 6 heteroatoms. The third-order valence-electron chi connectivity index (χ3n) is 3.31. The molecule has 0 saturated heterocycles. The Labute approximate surface area is 128 Å². The molecule has 2 aromatic rings. The molecule has 0 saturated carbocycles. The van der Waals surface area contributed by atoms with Crippen LogP contribution in [0, 0.1) is 6.92 Å². The molecule has 1 atom stereocenters. The summed E-state index contributed by atoms with van der Waals surface area (Å²) in [6.07, 6.45) is 0. The maximum Gasteiger partial charge on any atom is 0.360 e. The third-order valence-corrected chi connectivity index (χ3v) is 3.55. The van der Waals surface area contributed by atoms with Gasteiger partial charge in [-0.2, -0.15) is 0 Å². The van der Waals surface area contributed by atoms with Gasteiger partial charge in [0, 0.05) is 5.02 Å². The average Bonchev–Trinajstić information content (AvgIpc) is 2.73. The van der Waals surface area contributed by atoms with Gasteiger partial charge in [0.2, 0.25) is 0 Å². The van der Waals surface area contributed by atoms with E-state index in [-0.39, 0.29) is 18.3 Å². The van der Waals surface area contributed by atoms with Crippen molar-refractivity contribution in [1.82, 2.24) is 9.55 Å². The number of imidazole rings is 1. The van der Waals surface area contributed by atoms with Gasteiger partial charge in [-0.1, -0.05) is 23.7 Å². The minimum Gasteiger partial charge on any atom is -0.461 e. The monoisotopic (exact) mass is 307 g/mol. The highest BCUT2D eigenvalue weighted by molar-refractivity contribution is 6.30. The fourth-order valence-electron chi connectivity index (χ4n) is 2.32. The maximum absolute atomic E-state index is 11.8. The van der Waals surface area contributed by atoms with E-state index in [1.807, 2.05) is 31.2 Å². The van der Waals surface area contributed by atoms with E-state index < -0.39 is 5.97 Å². The molecule has 2 rings (SSSR count). The van der Waals surface area contributed by atoms with Crippen molar-refractivity contribution in [2.24, 2.45) is 0 Å². The first kappa shape index (κ1) is 15.4. The van der Waals surface area contributed by atoms with Crippen molar-refractivity contribution >= 4 is 23.4 Å². The van der Waals surface area contributed by atoms with Gasteiger partial charge >= 0.3 is 5.97 Å². The summed E-state index contributed by atoms with van der Waals surface area (Å²) in [5.74, 6) is 0.455. The summed E-state index contributed by atoms with van der Waals surface area (Å²) in [6, 6.07) is 7.43. The fourth-order valence-corrected chi connectivity index (χ4v) is 2.51. The molecule has 21 heavy (non-hydrogen) atoms. The van der Waals surface area contributed by atoms with E-state index in [1.165, 1.54) is 0 Å². The number of ether oxygens (including phenoxy) is 1. The first-order valence-electron chi connectivity index (χ1n) is 6.72. The Bertz CT molecular complexity index is 667.